The number of aliphatic hydroxyl groups is 4. The highest BCUT2D eigenvalue weighted by Gasteiger charge is 2.40. The van der Waals surface area contributed by atoms with Gasteiger partial charge in [0.15, 0.2) is 5.96 Å². The minimum Gasteiger partial charge on any atom is -0.394 e. The monoisotopic (exact) mass is 1020 g/mol. The number of guanidine groups is 1. The van der Waals surface area contributed by atoms with Gasteiger partial charge in [-0.15, -0.1) is 0 Å². The number of aliphatic hydroxyl groups excluding tert-OH is 4. The molecule has 26 nitrogen and oxygen atoms in total. The summed E-state index contributed by atoms with van der Waals surface area (Å²) < 4.78 is 0. The summed E-state index contributed by atoms with van der Waals surface area (Å²) in [5.74, 6) is -11.1. The van der Waals surface area contributed by atoms with Gasteiger partial charge in [0.05, 0.1) is 37.5 Å². The third kappa shape index (κ3) is 19.3. The van der Waals surface area contributed by atoms with Crippen molar-refractivity contribution < 1.29 is 63.6 Å². The van der Waals surface area contributed by atoms with Crippen molar-refractivity contribution in [3.63, 3.8) is 0 Å². The molecular formula is C46H77N13O13. The zero-order valence-corrected chi connectivity index (χ0v) is 42.1. The van der Waals surface area contributed by atoms with Crippen molar-refractivity contribution in [3.8, 4) is 0 Å². The Balaban J connectivity index is 2.81. The number of nitrogens with one attached hydrogen (secondary N) is 11. The van der Waals surface area contributed by atoms with E-state index in [1.807, 2.05) is 0 Å². The molecule has 1 aromatic carbocycles. The smallest absolute Gasteiger partial charge is 0.245 e. The van der Waals surface area contributed by atoms with Crippen LogP contribution in [0.3, 0.4) is 0 Å². The Morgan fingerprint density at radius 1 is 0.653 bits per heavy atom. The number of carbonyl (C=O) groups is 9. The summed E-state index contributed by atoms with van der Waals surface area (Å²) in [6, 6.07) is -6.68. The molecule has 0 aliphatic carbocycles. The third-order valence-electron chi connectivity index (χ3n) is 11.9. The summed E-state index contributed by atoms with van der Waals surface area (Å²) in [6.45, 7) is 10.4. The Morgan fingerprint density at radius 3 is 1.69 bits per heavy atom. The lowest BCUT2D eigenvalue weighted by atomic mass is 9.95. The van der Waals surface area contributed by atoms with E-state index in [9.17, 15) is 63.6 Å². The highest BCUT2D eigenvalue weighted by molar-refractivity contribution is 5.98. The lowest BCUT2D eigenvalue weighted by Crippen LogP contribution is -2.63. The fourth-order valence-corrected chi connectivity index (χ4v) is 7.39. The molecule has 9 amide bonds. The van der Waals surface area contributed by atoms with Gasteiger partial charge < -0.3 is 85.1 Å². The topological polar surface area (TPSA) is 431 Å². The molecule has 1 saturated heterocycles. The van der Waals surface area contributed by atoms with E-state index in [0.29, 0.717) is 6.42 Å². The van der Waals surface area contributed by atoms with E-state index >= 15 is 0 Å². The maximum absolute atomic E-state index is 14.3. The van der Waals surface area contributed by atoms with E-state index in [1.165, 1.54) is 19.1 Å². The fraction of sp³-hybridized carbons (Fsp3) is 0.652. The Morgan fingerprint density at radius 2 is 1.15 bits per heavy atom. The molecule has 1 heterocycles. The van der Waals surface area contributed by atoms with Crippen molar-refractivity contribution in [2.75, 3.05) is 19.7 Å². The summed E-state index contributed by atoms with van der Waals surface area (Å²) in [5.41, 5.74) is 12.2. The number of benzene rings is 1. The zero-order chi connectivity index (χ0) is 54.6. The number of carbonyl (C=O) groups excluding carboxylic acids is 9. The van der Waals surface area contributed by atoms with Crippen LogP contribution in [-0.4, -0.2) is 166 Å². The molecule has 0 spiro atoms. The number of hydrogen-bond acceptors (Lipinski definition) is 15. The molecule has 72 heavy (non-hydrogen) atoms. The lowest BCUT2D eigenvalue weighted by molar-refractivity contribution is -0.138. The third-order valence-corrected chi connectivity index (χ3v) is 11.9. The van der Waals surface area contributed by atoms with Gasteiger partial charge in [-0.2, -0.15) is 0 Å². The predicted molar refractivity (Wildman–Crippen MR) is 261 cm³/mol. The van der Waals surface area contributed by atoms with Crippen LogP contribution < -0.4 is 64.6 Å². The van der Waals surface area contributed by atoms with Crippen molar-refractivity contribution in [3.05, 3.63) is 35.9 Å². The molecule has 13 atom stereocenters. The minimum atomic E-state index is -1.79. The van der Waals surface area contributed by atoms with Gasteiger partial charge in [-0.3, -0.25) is 48.6 Å². The first kappa shape index (κ1) is 61.6. The van der Waals surface area contributed by atoms with Crippen molar-refractivity contribution in [1.29, 1.82) is 5.41 Å². The standard InChI is InChI=1S/C46H77N13O13/c1-9-23(6)32-43(70)57-33(24(7)61)42(69)51-19-30(63)55-34(25(8)62)44(71)54-29(20-60)40(67)58-35(26-14-11-10-12-15-26)31(47)41(68)59-36(37(64)22(4)5)45(72)53-28(18-21(2)3)39(66)52-27(38(65)56-32)16-13-17-50-46(48)49/h10-12,14-15,21-25,27-29,31-37,60-62,64H,9,13,16-20,47H2,1-8H3,(H,51,69)(H,52,66)(H,53,72)(H,54,71)(H,55,63)(H,56,65)(H,57,70)(H,58,67)(H,59,68)(H4,48,49,50)/t23-,24-,25+,27+,28-,29-,31-,32-,33-,34?,35+,36-,37+/m0/s1. The van der Waals surface area contributed by atoms with E-state index in [2.05, 4.69) is 53.2 Å². The van der Waals surface area contributed by atoms with Crippen molar-refractivity contribution in [1.82, 2.24) is 53.2 Å². The molecule has 2 rings (SSSR count). The van der Waals surface area contributed by atoms with Crippen LogP contribution >= 0.6 is 0 Å². The molecule has 19 N–H and O–H groups in total. The summed E-state index contributed by atoms with van der Waals surface area (Å²) >= 11 is 0. The number of rotatable bonds is 14. The Labute approximate surface area is 419 Å². The summed E-state index contributed by atoms with van der Waals surface area (Å²) in [7, 11) is 0. The van der Waals surface area contributed by atoms with Crippen LogP contribution in [-0.2, 0) is 43.2 Å². The highest BCUT2D eigenvalue weighted by Crippen LogP contribution is 2.18. The van der Waals surface area contributed by atoms with Crippen LogP contribution in [0.5, 0.6) is 0 Å². The first-order chi connectivity index (χ1) is 33.7. The number of amides is 9. The Kier molecular flexibility index (Phi) is 25.5. The second-order valence-corrected chi connectivity index (χ2v) is 18.7. The van der Waals surface area contributed by atoms with Crippen molar-refractivity contribution in [2.45, 2.75) is 154 Å². The molecule has 1 aromatic rings. The molecule has 0 aromatic heterocycles. The van der Waals surface area contributed by atoms with E-state index in [1.54, 1.807) is 59.7 Å². The van der Waals surface area contributed by atoms with Gasteiger partial charge in [-0.05, 0) is 56.4 Å². The van der Waals surface area contributed by atoms with Crippen LogP contribution in [0.2, 0.25) is 0 Å². The van der Waals surface area contributed by atoms with Crippen LogP contribution in [0.25, 0.3) is 0 Å². The Hall–Kier alpha value is -6.48. The molecular weight excluding hydrogens is 943 g/mol. The summed E-state index contributed by atoms with van der Waals surface area (Å²) in [6.07, 6.45) is -4.50. The average Bonchev–Trinajstić information content (AvgIpc) is 3.32. The SMILES string of the molecule is CC[C@H](C)[C@@H]1NC(=O)[C@@H](CCCNC(=N)N)NC(=O)[C@H](CC(C)C)NC(=O)[C@H]([C@H](O)C(C)C)NC(=O)[C@@H](N)[C@@H](c2ccccc2)NC(=O)[C@H](CO)NC(=O)C([C@@H](C)O)NC(=O)CNC(=O)[C@H]([C@H](C)O)NC1=O. The number of hydrogen-bond donors (Lipinski definition) is 17. The van der Waals surface area contributed by atoms with E-state index in [-0.39, 0.29) is 43.2 Å². The molecule has 26 heteroatoms. The summed E-state index contributed by atoms with van der Waals surface area (Å²) in [5, 5.41) is 74.9. The minimum absolute atomic E-state index is 0.0270. The van der Waals surface area contributed by atoms with Gasteiger partial charge in [-0.1, -0.05) is 78.3 Å². The highest BCUT2D eigenvalue weighted by atomic mass is 16.3. The van der Waals surface area contributed by atoms with Crippen LogP contribution in [0, 0.1) is 23.2 Å². The van der Waals surface area contributed by atoms with Gasteiger partial charge in [0.1, 0.15) is 48.3 Å². The molecule has 1 fully saturated rings. The molecule has 1 aliphatic heterocycles. The molecule has 0 radical (unpaired) electrons. The maximum Gasteiger partial charge on any atom is 0.245 e. The largest absolute Gasteiger partial charge is 0.394 e. The van der Waals surface area contributed by atoms with E-state index < -0.39 is 151 Å². The molecule has 404 valence electrons. The van der Waals surface area contributed by atoms with Gasteiger partial charge in [0, 0.05) is 6.54 Å². The number of nitrogens with two attached hydrogens (primary N) is 2. The van der Waals surface area contributed by atoms with Gasteiger partial charge in [0.2, 0.25) is 53.2 Å². The predicted octanol–water partition coefficient (Wildman–Crippen LogP) is -5.18. The normalized spacial score (nSPS) is 27.1. The Bertz CT molecular complexity index is 2030. The molecule has 1 unspecified atom stereocenters. The van der Waals surface area contributed by atoms with Crippen LogP contribution in [0.15, 0.2) is 30.3 Å². The fourth-order valence-electron chi connectivity index (χ4n) is 7.39. The van der Waals surface area contributed by atoms with Crippen molar-refractivity contribution >= 4 is 59.1 Å². The first-order valence-electron chi connectivity index (χ1n) is 24.0. The second kappa shape index (κ2) is 29.8. The van der Waals surface area contributed by atoms with Crippen molar-refractivity contribution in [2.24, 2.45) is 29.2 Å². The zero-order valence-electron chi connectivity index (χ0n) is 42.1. The first-order valence-corrected chi connectivity index (χ1v) is 24.0. The van der Waals surface area contributed by atoms with Gasteiger partial charge in [0.25, 0.3) is 0 Å². The van der Waals surface area contributed by atoms with Gasteiger partial charge >= 0.3 is 0 Å². The summed E-state index contributed by atoms with van der Waals surface area (Å²) in [4.78, 5) is 125. The van der Waals surface area contributed by atoms with Crippen LogP contribution in [0.1, 0.15) is 92.7 Å². The molecule has 0 bridgehead atoms. The second-order valence-electron chi connectivity index (χ2n) is 18.7. The van der Waals surface area contributed by atoms with E-state index in [0.717, 1.165) is 6.92 Å². The quantitative estimate of drug-likeness (QED) is 0.0471. The van der Waals surface area contributed by atoms with Gasteiger partial charge in [-0.25, -0.2) is 0 Å². The molecule has 0 saturated carbocycles. The van der Waals surface area contributed by atoms with Crippen LogP contribution in [0.4, 0.5) is 0 Å². The van der Waals surface area contributed by atoms with E-state index in [4.69, 9.17) is 16.9 Å². The lowest BCUT2D eigenvalue weighted by Gasteiger charge is -2.32. The average molecular weight is 1020 g/mol. The maximum atomic E-state index is 14.3. The molecule has 1 aliphatic rings.